The number of furan rings is 1. The van der Waals surface area contributed by atoms with E-state index in [1.54, 1.807) is 24.3 Å². The average Bonchev–Trinajstić information content (AvgIpc) is 3.23. The second-order valence-electron chi connectivity index (χ2n) is 4.97. The minimum atomic E-state index is -3.76. The number of carbonyl (C=O) groups is 1. The molecule has 0 fully saturated rings. The molecule has 0 aliphatic rings. The predicted molar refractivity (Wildman–Crippen MR) is 89.3 cm³/mol. The van der Waals surface area contributed by atoms with E-state index in [4.69, 9.17) is 15.3 Å². The van der Waals surface area contributed by atoms with Gasteiger partial charge in [0.2, 0.25) is 21.5 Å². The third-order valence-corrected chi connectivity index (χ3v) is 4.11. The van der Waals surface area contributed by atoms with E-state index in [1.807, 2.05) is 0 Å². The summed E-state index contributed by atoms with van der Waals surface area (Å²) >= 11 is 0. The molecule has 0 aliphatic carbocycles. The fourth-order valence-electron chi connectivity index (χ4n) is 1.95. The van der Waals surface area contributed by atoms with Crippen LogP contribution >= 0.6 is 0 Å². The van der Waals surface area contributed by atoms with Gasteiger partial charge in [-0.2, -0.15) is 5.10 Å². The Hall–Kier alpha value is -3.51. The predicted octanol–water partition coefficient (Wildman–Crippen LogP) is 0.323. The first-order valence-electron chi connectivity index (χ1n) is 6.99. The smallest absolute Gasteiger partial charge is 0.297 e. The lowest BCUT2D eigenvalue weighted by atomic mass is 10.2. The number of sulfonamides is 1. The lowest BCUT2D eigenvalue weighted by Crippen LogP contribution is -2.19. The third kappa shape index (κ3) is 3.76. The number of primary sulfonamides is 1. The van der Waals surface area contributed by atoms with E-state index in [0.29, 0.717) is 17.1 Å². The van der Waals surface area contributed by atoms with E-state index < -0.39 is 15.9 Å². The molecule has 5 N–H and O–H groups in total. The van der Waals surface area contributed by atoms with Crippen molar-refractivity contribution in [2.75, 3.05) is 5.73 Å². The molecule has 134 valence electrons. The van der Waals surface area contributed by atoms with Crippen molar-refractivity contribution in [2.24, 2.45) is 10.2 Å². The van der Waals surface area contributed by atoms with Crippen LogP contribution in [0.5, 0.6) is 0 Å². The molecule has 0 saturated carbocycles. The van der Waals surface area contributed by atoms with Gasteiger partial charge in [-0.25, -0.2) is 23.6 Å². The van der Waals surface area contributed by atoms with Crippen molar-refractivity contribution in [1.29, 1.82) is 0 Å². The number of rotatable bonds is 5. The highest BCUT2D eigenvalue weighted by Gasteiger charge is 2.15. The number of hydrazone groups is 1. The number of nitrogens with one attached hydrogen (secondary N) is 1. The zero-order valence-corrected chi connectivity index (χ0v) is 13.8. The Morgan fingerprint density at radius 1 is 1.15 bits per heavy atom. The summed E-state index contributed by atoms with van der Waals surface area (Å²) in [6.45, 7) is 0. The third-order valence-electron chi connectivity index (χ3n) is 3.18. The van der Waals surface area contributed by atoms with E-state index in [0.717, 1.165) is 0 Å². The Labute approximate surface area is 146 Å². The van der Waals surface area contributed by atoms with Crippen LogP contribution < -0.4 is 16.3 Å². The van der Waals surface area contributed by atoms with Gasteiger partial charge in [-0.1, -0.05) is 0 Å². The molecule has 26 heavy (non-hydrogen) atoms. The molecule has 0 radical (unpaired) electrons. The fourth-order valence-corrected chi connectivity index (χ4v) is 2.46. The van der Waals surface area contributed by atoms with Gasteiger partial charge in [0.25, 0.3) is 5.91 Å². The minimum Gasteiger partial charge on any atom is -0.455 e. The number of aromatic nitrogens is 2. The molecule has 0 aliphatic heterocycles. The zero-order valence-electron chi connectivity index (χ0n) is 13.0. The van der Waals surface area contributed by atoms with Crippen molar-refractivity contribution >= 4 is 28.0 Å². The van der Waals surface area contributed by atoms with Gasteiger partial charge in [0.15, 0.2) is 0 Å². The topological polar surface area (TPSA) is 180 Å². The molecule has 0 atom stereocenters. The van der Waals surface area contributed by atoms with Crippen LogP contribution in [0.4, 0.5) is 5.82 Å². The second kappa shape index (κ2) is 6.78. The van der Waals surface area contributed by atoms with Crippen LogP contribution in [0.3, 0.4) is 0 Å². The van der Waals surface area contributed by atoms with Crippen LogP contribution in [0, 0.1) is 0 Å². The van der Waals surface area contributed by atoms with Gasteiger partial charge in [0.05, 0.1) is 11.1 Å². The molecular formula is C14H12N6O5S. The van der Waals surface area contributed by atoms with Gasteiger partial charge in [0.1, 0.15) is 11.5 Å². The summed E-state index contributed by atoms with van der Waals surface area (Å²) < 4.78 is 32.3. The number of hydrogen-bond donors (Lipinski definition) is 3. The van der Waals surface area contributed by atoms with E-state index >= 15 is 0 Å². The van der Waals surface area contributed by atoms with Crippen LogP contribution in [0.2, 0.25) is 0 Å². The van der Waals surface area contributed by atoms with Crippen LogP contribution in [0.25, 0.3) is 11.3 Å². The Balaban J connectivity index is 1.68. The Morgan fingerprint density at radius 3 is 2.50 bits per heavy atom. The fraction of sp³-hybridized carbons (Fsp3) is 0. The quantitative estimate of drug-likeness (QED) is 0.420. The first kappa shape index (κ1) is 17.3. The van der Waals surface area contributed by atoms with Crippen molar-refractivity contribution in [1.82, 2.24) is 15.7 Å². The highest BCUT2D eigenvalue weighted by Crippen LogP contribution is 2.22. The van der Waals surface area contributed by atoms with Gasteiger partial charge in [-0.15, -0.1) is 0 Å². The van der Waals surface area contributed by atoms with Crippen LogP contribution in [-0.4, -0.2) is 30.9 Å². The molecule has 3 rings (SSSR count). The number of benzene rings is 1. The van der Waals surface area contributed by atoms with Crippen molar-refractivity contribution in [3.05, 3.63) is 47.9 Å². The maximum absolute atomic E-state index is 11.7. The Morgan fingerprint density at radius 2 is 1.88 bits per heavy atom. The zero-order chi connectivity index (χ0) is 18.7. The van der Waals surface area contributed by atoms with Gasteiger partial charge >= 0.3 is 0 Å². The first-order chi connectivity index (χ1) is 12.3. The van der Waals surface area contributed by atoms with Crippen LogP contribution in [-0.2, 0) is 10.0 Å². The van der Waals surface area contributed by atoms with Crippen LogP contribution in [0.1, 0.15) is 16.2 Å². The highest BCUT2D eigenvalue weighted by molar-refractivity contribution is 7.89. The summed E-state index contributed by atoms with van der Waals surface area (Å²) in [5.41, 5.74) is 8.04. The number of nitrogens with zero attached hydrogens (tertiary/aromatic N) is 3. The highest BCUT2D eigenvalue weighted by atomic mass is 32.2. The first-order valence-corrected chi connectivity index (χ1v) is 8.54. The Bertz CT molecular complexity index is 1070. The molecule has 0 saturated heterocycles. The molecule has 12 heteroatoms. The summed E-state index contributed by atoms with van der Waals surface area (Å²) in [6.07, 6.45) is 1.27. The largest absolute Gasteiger partial charge is 0.455 e. The summed E-state index contributed by atoms with van der Waals surface area (Å²) in [5, 5.41) is 15.4. The maximum Gasteiger partial charge on any atom is 0.297 e. The number of amides is 1. The summed E-state index contributed by atoms with van der Waals surface area (Å²) in [7, 11) is -3.76. The van der Waals surface area contributed by atoms with Gasteiger partial charge in [-0.3, -0.25) is 4.79 Å². The van der Waals surface area contributed by atoms with Gasteiger partial charge in [-0.05, 0) is 46.7 Å². The second-order valence-corrected chi connectivity index (χ2v) is 6.53. The van der Waals surface area contributed by atoms with Crippen molar-refractivity contribution in [3.63, 3.8) is 0 Å². The molecule has 0 bridgehead atoms. The standard InChI is InChI=1S/C14H12N6O5S/c15-13-12(19-25-20-13)14(21)18-17-7-9-3-6-11(24-9)8-1-4-10(5-2-8)26(16,22)23/h1-7H,(H2,15,20)(H,18,21)(H2,16,22,23)/b17-7+. The van der Waals surface area contributed by atoms with Gasteiger partial charge < -0.3 is 10.2 Å². The molecule has 0 spiro atoms. The van der Waals surface area contributed by atoms with Crippen molar-refractivity contribution < 1.29 is 22.3 Å². The normalized spacial score (nSPS) is 11.7. The summed E-state index contributed by atoms with van der Waals surface area (Å²) in [5.74, 6) is -0.0166. The van der Waals surface area contributed by atoms with E-state index in [2.05, 4.69) is 25.5 Å². The number of nitrogens with two attached hydrogens (primary N) is 2. The number of anilines is 1. The number of nitrogen functional groups attached to an aromatic ring is 1. The molecule has 2 heterocycles. The lowest BCUT2D eigenvalue weighted by molar-refractivity contribution is 0.0946. The number of carbonyl (C=O) groups excluding carboxylic acids is 1. The van der Waals surface area contributed by atoms with E-state index in [1.165, 1.54) is 18.3 Å². The monoisotopic (exact) mass is 376 g/mol. The average molecular weight is 376 g/mol. The SMILES string of the molecule is Nc1nonc1C(=O)N/N=C/c1ccc(-c2ccc(S(N)(=O)=O)cc2)o1. The number of hydrogen-bond acceptors (Lipinski definition) is 9. The molecule has 0 unspecified atom stereocenters. The minimum absolute atomic E-state index is 0.000997. The van der Waals surface area contributed by atoms with Crippen LogP contribution in [0.15, 0.2) is 55.4 Å². The van der Waals surface area contributed by atoms with E-state index in [9.17, 15) is 13.2 Å². The lowest BCUT2D eigenvalue weighted by Gasteiger charge is -2.00. The van der Waals surface area contributed by atoms with E-state index in [-0.39, 0.29) is 16.4 Å². The Kier molecular flexibility index (Phi) is 4.51. The molecule has 1 amide bonds. The summed E-state index contributed by atoms with van der Waals surface area (Å²) in [6, 6.07) is 9.14. The molecule has 11 nitrogen and oxygen atoms in total. The van der Waals surface area contributed by atoms with Gasteiger partial charge in [0, 0.05) is 5.56 Å². The molecule has 1 aromatic carbocycles. The van der Waals surface area contributed by atoms with Crippen molar-refractivity contribution in [2.45, 2.75) is 4.90 Å². The molecular weight excluding hydrogens is 364 g/mol. The summed E-state index contributed by atoms with van der Waals surface area (Å²) in [4.78, 5) is 11.7. The van der Waals surface area contributed by atoms with Crippen molar-refractivity contribution in [3.8, 4) is 11.3 Å². The molecule has 2 aromatic heterocycles. The molecule has 3 aromatic rings. The maximum atomic E-state index is 11.7.